The van der Waals surface area contributed by atoms with Gasteiger partial charge in [-0.05, 0) is 36.2 Å². The van der Waals surface area contributed by atoms with Gasteiger partial charge in [0, 0.05) is 12.1 Å². The van der Waals surface area contributed by atoms with Gasteiger partial charge in [-0.1, -0.05) is 54.6 Å². The van der Waals surface area contributed by atoms with Crippen molar-refractivity contribution in [2.75, 3.05) is 7.11 Å². The lowest BCUT2D eigenvalue weighted by atomic mass is 10.1. The van der Waals surface area contributed by atoms with Crippen LogP contribution in [0.15, 0.2) is 78.9 Å². The van der Waals surface area contributed by atoms with Gasteiger partial charge in [-0.25, -0.2) is 4.98 Å². The van der Waals surface area contributed by atoms with Gasteiger partial charge in [-0.2, -0.15) is 0 Å². The predicted molar refractivity (Wildman–Crippen MR) is 102 cm³/mol. The van der Waals surface area contributed by atoms with Crippen molar-refractivity contribution in [1.29, 1.82) is 0 Å². The van der Waals surface area contributed by atoms with Crippen molar-refractivity contribution < 1.29 is 4.74 Å². The van der Waals surface area contributed by atoms with E-state index in [2.05, 4.69) is 59.2 Å². The molecular weight excluding hydrogens is 308 g/mol. The number of rotatable bonds is 5. The highest BCUT2D eigenvalue weighted by Gasteiger charge is 2.13. The van der Waals surface area contributed by atoms with Crippen molar-refractivity contribution in [2.24, 2.45) is 0 Å². The Labute approximate surface area is 147 Å². The molecule has 0 N–H and O–H groups in total. The average Bonchev–Trinajstić information content (AvgIpc) is 3.06. The van der Waals surface area contributed by atoms with Crippen LogP contribution in [0.1, 0.15) is 5.56 Å². The minimum absolute atomic E-state index is 0.846. The first kappa shape index (κ1) is 15.5. The summed E-state index contributed by atoms with van der Waals surface area (Å²) in [5.41, 5.74) is 4.59. The number of fused-ring (bicyclic) bond motifs is 1. The summed E-state index contributed by atoms with van der Waals surface area (Å²) in [6, 6.07) is 27.0. The maximum atomic E-state index is 5.38. The summed E-state index contributed by atoms with van der Waals surface area (Å²) >= 11 is 0. The molecule has 4 aromatic rings. The SMILES string of the molecule is COc1cccc(-c2nc3ccccc3n2CCc2ccccc2)c1. The van der Waals surface area contributed by atoms with Crippen LogP contribution in [0.2, 0.25) is 0 Å². The number of hydrogen-bond acceptors (Lipinski definition) is 2. The first-order valence-electron chi connectivity index (χ1n) is 8.49. The smallest absolute Gasteiger partial charge is 0.141 e. The zero-order chi connectivity index (χ0) is 17.1. The third kappa shape index (κ3) is 3.13. The molecule has 0 fully saturated rings. The zero-order valence-corrected chi connectivity index (χ0v) is 14.2. The Bertz CT molecular complexity index is 989. The van der Waals surface area contributed by atoms with Crippen molar-refractivity contribution in [1.82, 2.24) is 9.55 Å². The standard InChI is InChI=1S/C22H20N2O/c1-25-19-11-7-10-18(16-19)22-23-20-12-5-6-13-21(20)24(22)15-14-17-8-3-2-4-9-17/h2-13,16H,14-15H2,1H3. The quantitative estimate of drug-likeness (QED) is 0.518. The molecule has 3 heteroatoms. The molecule has 1 aromatic heterocycles. The van der Waals surface area contributed by atoms with Crippen molar-refractivity contribution in [3.63, 3.8) is 0 Å². The highest BCUT2D eigenvalue weighted by atomic mass is 16.5. The minimum Gasteiger partial charge on any atom is -0.497 e. The van der Waals surface area contributed by atoms with Crippen LogP contribution in [0.3, 0.4) is 0 Å². The molecule has 0 saturated carbocycles. The summed E-state index contributed by atoms with van der Waals surface area (Å²) in [7, 11) is 1.69. The molecule has 3 nitrogen and oxygen atoms in total. The normalized spacial score (nSPS) is 10.9. The third-order valence-corrected chi connectivity index (χ3v) is 4.45. The van der Waals surface area contributed by atoms with Crippen LogP contribution in [-0.2, 0) is 13.0 Å². The number of para-hydroxylation sites is 2. The topological polar surface area (TPSA) is 27.1 Å². The maximum absolute atomic E-state index is 5.38. The third-order valence-electron chi connectivity index (χ3n) is 4.45. The van der Waals surface area contributed by atoms with Crippen LogP contribution >= 0.6 is 0 Å². The van der Waals surface area contributed by atoms with Crippen molar-refractivity contribution in [2.45, 2.75) is 13.0 Å². The second-order valence-corrected chi connectivity index (χ2v) is 6.04. The number of aromatic nitrogens is 2. The van der Waals surface area contributed by atoms with E-state index in [0.717, 1.165) is 41.1 Å². The van der Waals surface area contributed by atoms with E-state index in [1.165, 1.54) is 5.56 Å². The number of aryl methyl sites for hydroxylation is 2. The summed E-state index contributed by atoms with van der Waals surface area (Å²) in [6.07, 6.45) is 0.970. The largest absolute Gasteiger partial charge is 0.497 e. The zero-order valence-electron chi connectivity index (χ0n) is 14.2. The van der Waals surface area contributed by atoms with Crippen molar-refractivity contribution in [3.8, 4) is 17.1 Å². The van der Waals surface area contributed by atoms with E-state index in [-0.39, 0.29) is 0 Å². The molecule has 25 heavy (non-hydrogen) atoms. The van der Waals surface area contributed by atoms with Gasteiger partial charge in [-0.15, -0.1) is 0 Å². The lowest BCUT2D eigenvalue weighted by Crippen LogP contribution is -2.03. The summed E-state index contributed by atoms with van der Waals surface area (Å²) in [5.74, 6) is 1.83. The molecule has 0 radical (unpaired) electrons. The number of imidazole rings is 1. The Kier molecular flexibility index (Phi) is 4.21. The van der Waals surface area contributed by atoms with E-state index in [9.17, 15) is 0 Å². The van der Waals surface area contributed by atoms with E-state index < -0.39 is 0 Å². The number of methoxy groups -OCH3 is 1. The minimum atomic E-state index is 0.846. The van der Waals surface area contributed by atoms with Crippen molar-refractivity contribution >= 4 is 11.0 Å². The molecule has 0 bridgehead atoms. The van der Waals surface area contributed by atoms with E-state index in [0.29, 0.717) is 0 Å². The average molecular weight is 328 g/mol. The molecule has 124 valence electrons. The molecule has 0 amide bonds. The molecule has 1 heterocycles. The molecule has 0 atom stereocenters. The highest BCUT2D eigenvalue weighted by molar-refractivity contribution is 5.80. The lowest BCUT2D eigenvalue weighted by Gasteiger charge is -2.10. The highest BCUT2D eigenvalue weighted by Crippen LogP contribution is 2.27. The Morgan fingerprint density at radius 1 is 0.880 bits per heavy atom. The van der Waals surface area contributed by atoms with Gasteiger partial charge in [0.1, 0.15) is 11.6 Å². The Morgan fingerprint density at radius 3 is 2.52 bits per heavy atom. The van der Waals surface area contributed by atoms with E-state index in [1.807, 2.05) is 24.3 Å². The maximum Gasteiger partial charge on any atom is 0.141 e. The number of ether oxygens (including phenoxy) is 1. The Balaban J connectivity index is 1.77. The van der Waals surface area contributed by atoms with Gasteiger partial charge < -0.3 is 9.30 Å². The van der Waals surface area contributed by atoms with Gasteiger partial charge in [0.25, 0.3) is 0 Å². The van der Waals surface area contributed by atoms with Crippen LogP contribution in [0, 0.1) is 0 Å². The van der Waals surface area contributed by atoms with Gasteiger partial charge >= 0.3 is 0 Å². The lowest BCUT2D eigenvalue weighted by molar-refractivity contribution is 0.415. The van der Waals surface area contributed by atoms with Gasteiger partial charge in [0.15, 0.2) is 0 Å². The molecule has 4 rings (SSSR count). The fourth-order valence-electron chi connectivity index (χ4n) is 3.17. The van der Waals surface area contributed by atoms with Gasteiger partial charge in [-0.3, -0.25) is 0 Å². The van der Waals surface area contributed by atoms with E-state index >= 15 is 0 Å². The van der Waals surface area contributed by atoms with Crippen LogP contribution in [0.25, 0.3) is 22.4 Å². The van der Waals surface area contributed by atoms with Crippen molar-refractivity contribution in [3.05, 3.63) is 84.4 Å². The monoisotopic (exact) mass is 328 g/mol. The summed E-state index contributed by atoms with van der Waals surface area (Å²) in [4.78, 5) is 4.88. The number of hydrogen-bond donors (Lipinski definition) is 0. The van der Waals surface area contributed by atoms with Crippen LogP contribution in [-0.4, -0.2) is 16.7 Å². The fourth-order valence-corrected chi connectivity index (χ4v) is 3.17. The molecule has 0 spiro atoms. The molecule has 0 unspecified atom stereocenters. The Hall–Kier alpha value is -3.07. The first-order chi connectivity index (χ1) is 12.3. The molecule has 0 aliphatic rings. The Morgan fingerprint density at radius 2 is 1.68 bits per heavy atom. The molecule has 0 aliphatic heterocycles. The number of nitrogens with zero attached hydrogens (tertiary/aromatic N) is 2. The van der Waals surface area contributed by atoms with Gasteiger partial charge in [0.2, 0.25) is 0 Å². The predicted octanol–water partition coefficient (Wildman–Crippen LogP) is 4.95. The summed E-state index contributed by atoms with van der Waals surface area (Å²) in [6.45, 7) is 0.886. The number of benzene rings is 3. The molecule has 3 aromatic carbocycles. The van der Waals surface area contributed by atoms with E-state index in [4.69, 9.17) is 9.72 Å². The van der Waals surface area contributed by atoms with Crippen LogP contribution in [0.5, 0.6) is 5.75 Å². The van der Waals surface area contributed by atoms with Crippen LogP contribution in [0.4, 0.5) is 0 Å². The first-order valence-corrected chi connectivity index (χ1v) is 8.49. The second kappa shape index (κ2) is 6.81. The summed E-state index contributed by atoms with van der Waals surface area (Å²) < 4.78 is 7.69. The van der Waals surface area contributed by atoms with Crippen LogP contribution < -0.4 is 4.74 Å². The molecular formula is C22H20N2O. The molecule has 0 aliphatic carbocycles. The summed E-state index contributed by atoms with van der Waals surface area (Å²) in [5, 5.41) is 0. The molecule has 0 saturated heterocycles. The van der Waals surface area contributed by atoms with E-state index in [1.54, 1.807) is 7.11 Å². The second-order valence-electron chi connectivity index (χ2n) is 6.04. The van der Waals surface area contributed by atoms with Gasteiger partial charge in [0.05, 0.1) is 18.1 Å². The fraction of sp³-hybridized carbons (Fsp3) is 0.136.